The number of nitrogens with one attached hydrogen (secondary N) is 2. The van der Waals surface area contributed by atoms with Crippen molar-refractivity contribution in [3.8, 4) is 0 Å². The maximum atomic E-state index is 12.8. The highest BCUT2D eigenvalue weighted by molar-refractivity contribution is 5.79. The Hall–Kier alpha value is -1.58. The molecule has 0 unspecified atom stereocenters. The van der Waals surface area contributed by atoms with Gasteiger partial charge in [0.25, 0.3) is 0 Å². The normalized spacial score (nSPS) is 11.4. The Morgan fingerprint density at radius 2 is 1.84 bits per heavy atom. The molecule has 3 nitrogen and oxygen atoms in total. The van der Waals surface area contributed by atoms with Crippen molar-refractivity contribution in [2.75, 3.05) is 13.6 Å². The molecule has 106 valence electrons. The second-order valence-electron chi connectivity index (χ2n) is 4.54. The lowest BCUT2D eigenvalue weighted by molar-refractivity contribution is 0.626. The van der Waals surface area contributed by atoms with Gasteiger partial charge in [0.05, 0.1) is 0 Å². The standard InChI is InChI=1S/C15H24FN3/c1-3-4-5-6-11-18-15(17-2)19-12-13-7-9-14(16)10-8-13/h7-10H,3-6,11-12H2,1-2H3,(H2,17,18,19). The zero-order chi connectivity index (χ0) is 13.9. The summed E-state index contributed by atoms with van der Waals surface area (Å²) in [4.78, 5) is 4.16. The molecule has 0 fully saturated rings. The topological polar surface area (TPSA) is 36.4 Å². The van der Waals surface area contributed by atoms with E-state index in [2.05, 4.69) is 22.5 Å². The van der Waals surface area contributed by atoms with Gasteiger partial charge in [-0.25, -0.2) is 4.39 Å². The number of nitrogens with zero attached hydrogens (tertiary/aromatic N) is 1. The highest BCUT2D eigenvalue weighted by Gasteiger charge is 1.98. The molecule has 0 bridgehead atoms. The average Bonchev–Trinajstić information content (AvgIpc) is 2.44. The van der Waals surface area contributed by atoms with Crippen LogP contribution in [0.2, 0.25) is 0 Å². The lowest BCUT2D eigenvalue weighted by Crippen LogP contribution is -2.37. The van der Waals surface area contributed by atoms with E-state index >= 15 is 0 Å². The summed E-state index contributed by atoms with van der Waals surface area (Å²) in [6.07, 6.45) is 4.93. The first kappa shape index (κ1) is 15.5. The number of unbranched alkanes of at least 4 members (excludes halogenated alkanes) is 3. The maximum Gasteiger partial charge on any atom is 0.191 e. The van der Waals surface area contributed by atoms with Crippen molar-refractivity contribution >= 4 is 5.96 Å². The van der Waals surface area contributed by atoms with Gasteiger partial charge in [-0.05, 0) is 24.1 Å². The predicted octanol–water partition coefficient (Wildman–Crippen LogP) is 3.07. The van der Waals surface area contributed by atoms with Crippen LogP contribution < -0.4 is 10.6 Å². The minimum atomic E-state index is -0.206. The van der Waals surface area contributed by atoms with Gasteiger partial charge in [0, 0.05) is 20.1 Å². The molecule has 19 heavy (non-hydrogen) atoms. The van der Waals surface area contributed by atoms with Gasteiger partial charge in [0.15, 0.2) is 5.96 Å². The van der Waals surface area contributed by atoms with Gasteiger partial charge in [0.2, 0.25) is 0 Å². The molecule has 4 heteroatoms. The molecule has 0 aromatic heterocycles. The summed E-state index contributed by atoms with van der Waals surface area (Å²) in [5.41, 5.74) is 1.04. The Bertz CT molecular complexity index is 373. The first-order valence-electron chi connectivity index (χ1n) is 6.95. The fourth-order valence-electron chi connectivity index (χ4n) is 1.77. The number of aliphatic imine (C=N–C) groups is 1. The van der Waals surface area contributed by atoms with Gasteiger partial charge in [-0.2, -0.15) is 0 Å². The van der Waals surface area contributed by atoms with E-state index in [1.807, 2.05) is 0 Å². The molecule has 0 saturated heterocycles. The van der Waals surface area contributed by atoms with E-state index in [1.165, 1.54) is 31.4 Å². The summed E-state index contributed by atoms with van der Waals surface area (Å²) >= 11 is 0. The summed E-state index contributed by atoms with van der Waals surface area (Å²) in [7, 11) is 1.76. The van der Waals surface area contributed by atoms with Crippen LogP contribution in [0.4, 0.5) is 4.39 Å². The van der Waals surface area contributed by atoms with Crippen molar-refractivity contribution in [2.24, 2.45) is 4.99 Å². The van der Waals surface area contributed by atoms with Crippen molar-refractivity contribution in [1.82, 2.24) is 10.6 Å². The first-order valence-corrected chi connectivity index (χ1v) is 6.95. The Labute approximate surface area is 115 Å². The molecular formula is C15H24FN3. The van der Waals surface area contributed by atoms with Crippen molar-refractivity contribution in [3.05, 3.63) is 35.6 Å². The summed E-state index contributed by atoms with van der Waals surface area (Å²) in [5, 5.41) is 6.49. The van der Waals surface area contributed by atoms with Gasteiger partial charge in [0.1, 0.15) is 5.82 Å². The largest absolute Gasteiger partial charge is 0.356 e. The molecule has 0 spiro atoms. The molecule has 0 saturated carbocycles. The van der Waals surface area contributed by atoms with Gasteiger partial charge in [-0.15, -0.1) is 0 Å². The minimum absolute atomic E-state index is 0.206. The smallest absolute Gasteiger partial charge is 0.191 e. The molecule has 2 N–H and O–H groups in total. The Kier molecular flexibility index (Phi) is 7.63. The van der Waals surface area contributed by atoms with E-state index in [9.17, 15) is 4.39 Å². The molecule has 0 heterocycles. The van der Waals surface area contributed by atoms with E-state index in [-0.39, 0.29) is 5.82 Å². The van der Waals surface area contributed by atoms with Crippen molar-refractivity contribution in [2.45, 2.75) is 39.2 Å². The van der Waals surface area contributed by atoms with E-state index in [0.29, 0.717) is 6.54 Å². The average molecular weight is 265 g/mol. The SMILES string of the molecule is CCCCCCNC(=NC)NCc1ccc(F)cc1. The maximum absolute atomic E-state index is 12.8. The second kappa shape index (κ2) is 9.36. The van der Waals surface area contributed by atoms with E-state index in [1.54, 1.807) is 19.2 Å². The molecule has 0 aliphatic heterocycles. The van der Waals surface area contributed by atoms with Crippen LogP contribution in [0.3, 0.4) is 0 Å². The van der Waals surface area contributed by atoms with Crippen LogP contribution in [0.15, 0.2) is 29.3 Å². The van der Waals surface area contributed by atoms with Crippen molar-refractivity contribution in [1.29, 1.82) is 0 Å². The summed E-state index contributed by atoms with van der Waals surface area (Å²) in [5.74, 6) is 0.586. The third-order valence-corrected chi connectivity index (χ3v) is 2.92. The summed E-state index contributed by atoms with van der Waals surface area (Å²) in [6.45, 7) is 3.79. The predicted molar refractivity (Wildman–Crippen MR) is 78.7 cm³/mol. The molecule has 0 aliphatic carbocycles. The highest BCUT2D eigenvalue weighted by Crippen LogP contribution is 2.02. The van der Waals surface area contributed by atoms with Gasteiger partial charge in [-0.1, -0.05) is 38.3 Å². The van der Waals surface area contributed by atoms with Crippen LogP contribution in [-0.2, 0) is 6.54 Å². The first-order chi connectivity index (χ1) is 9.26. The molecule has 1 aromatic rings. The number of hydrogen-bond acceptors (Lipinski definition) is 1. The van der Waals surface area contributed by atoms with Gasteiger partial charge >= 0.3 is 0 Å². The monoisotopic (exact) mass is 265 g/mol. The lowest BCUT2D eigenvalue weighted by Gasteiger charge is -2.11. The third kappa shape index (κ3) is 6.79. The highest BCUT2D eigenvalue weighted by atomic mass is 19.1. The Morgan fingerprint density at radius 1 is 1.11 bits per heavy atom. The van der Waals surface area contributed by atoms with Crippen LogP contribution >= 0.6 is 0 Å². The van der Waals surface area contributed by atoms with Crippen molar-refractivity contribution < 1.29 is 4.39 Å². The fraction of sp³-hybridized carbons (Fsp3) is 0.533. The van der Waals surface area contributed by atoms with Crippen molar-refractivity contribution in [3.63, 3.8) is 0 Å². The molecule has 0 radical (unpaired) electrons. The summed E-state index contributed by atoms with van der Waals surface area (Å²) < 4.78 is 12.8. The molecule has 0 amide bonds. The Morgan fingerprint density at radius 3 is 2.47 bits per heavy atom. The van der Waals surface area contributed by atoms with E-state index in [0.717, 1.165) is 24.5 Å². The lowest BCUT2D eigenvalue weighted by atomic mass is 10.2. The van der Waals surface area contributed by atoms with Gasteiger partial charge < -0.3 is 10.6 Å². The van der Waals surface area contributed by atoms with Crippen LogP contribution in [0.5, 0.6) is 0 Å². The second-order valence-corrected chi connectivity index (χ2v) is 4.54. The quantitative estimate of drug-likeness (QED) is 0.451. The summed E-state index contributed by atoms with van der Waals surface area (Å²) in [6, 6.07) is 6.49. The van der Waals surface area contributed by atoms with E-state index < -0.39 is 0 Å². The molecule has 1 aromatic carbocycles. The number of halogens is 1. The van der Waals surface area contributed by atoms with E-state index in [4.69, 9.17) is 0 Å². The number of rotatable bonds is 7. The zero-order valence-electron chi connectivity index (χ0n) is 11.9. The molecular weight excluding hydrogens is 241 g/mol. The fourth-order valence-corrected chi connectivity index (χ4v) is 1.77. The van der Waals surface area contributed by atoms with Gasteiger partial charge in [-0.3, -0.25) is 4.99 Å². The minimum Gasteiger partial charge on any atom is -0.356 e. The Balaban J connectivity index is 2.23. The number of benzene rings is 1. The molecule has 0 atom stereocenters. The van der Waals surface area contributed by atoms with Crippen LogP contribution in [0.25, 0.3) is 0 Å². The van der Waals surface area contributed by atoms with Crippen LogP contribution in [0, 0.1) is 5.82 Å². The van der Waals surface area contributed by atoms with Crippen LogP contribution in [0.1, 0.15) is 38.2 Å². The number of guanidine groups is 1. The third-order valence-electron chi connectivity index (χ3n) is 2.92. The molecule has 0 aliphatic rings. The van der Waals surface area contributed by atoms with Crippen LogP contribution in [-0.4, -0.2) is 19.6 Å². The zero-order valence-corrected chi connectivity index (χ0v) is 11.9. The number of hydrogen-bond donors (Lipinski definition) is 2. The molecule has 1 rings (SSSR count).